The van der Waals surface area contributed by atoms with Gasteiger partial charge < -0.3 is 16.4 Å². The molecule has 1 heterocycles. The quantitative estimate of drug-likeness (QED) is 0.505. The molecule has 0 atom stereocenters. The maximum absolute atomic E-state index is 11.9. The fourth-order valence-electron chi connectivity index (χ4n) is 2.52. The number of rotatable bonds is 8. The molecule has 3 rings (SSSR count). The first-order chi connectivity index (χ1) is 14.2. The Balaban J connectivity index is 0.000000360. The summed E-state index contributed by atoms with van der Waals surface area (Å²) >= 11 is 0. The van der Waals surface area contributed by atoms with Gasteiger partial charge in [-0.05, 0) is 67.9 Å². The number of anilines is 2. The average Bonchev–Trinajstić information content (AvgIpc) is 2.76. The molecule has 3 aromatic rings. The maximum atomic E-state index is 11.9. The minimum Gasteiger partial charge on any atom is -0.382 e. The smallest absolute Gasteiger partial charge is 0.146 e. The van der Waals surface area contributed by atoms with Crippen LogP contribution in [0.2, 0.25) is 0 Å². The molecular formula is C23H26FN5. The van der Waals surface area contributed by atoms with Crippen molar-refractivity contribution >= 4 is 11.5 Å². The van der Waals surface area contributed by atoms with Crippen LogP contribution in [0.5, 0.6) is 0 Å². The van der Waals surface area contributed by atoms with Crippen LogP contribution < -0.4 is 16.4 Å². The Hall–Kier alpha value is -3.43. The number of halogens is 1. The molecule has 0 aliphatic rings. The van der Waals surface area contributed by atoms with Crippen LogP contribution in [0.3, 0.4) is 0 Å². The molecule has 29 heavy (non-hydrogen) atoms. The van der Waals surface area contributed by atoms with Gasteiger partial charge in [0.25, 0.3) is 0 Å². The van der Waals surface area contributed by atoms with Crippen LogP contribution in [0.25, 0.3) is 0 Å². The number of nitriles is 1. The third-order valence-electron chi connectivity index (χ3n) is 4.09. The summed E-state index contributed by atoms with van der Waals surface area (Å²) in [6.07, 6.45) is 3.67. The Labute approximate surface area is 171 Å². The summed E-state index contributed by atoms with van der Waals surface area (Å²) in [6.45, 7) is 2.74. The molecular weight excluding hydrogens is 365 g/mol. The fraction of sp³-hybridized carbons (Fsp3) is 0.217. The molecule has 0 aliphatic carbocycles. The highest BCUT2D eigenvalue weighted by molar-refractivity contribution is 5.60. The van der Waals surface area contributed by atoms with Gasteiger partial charge in [-0.15, -0.1) is 0 Å². The van der Waals surface area contributed by atoms with Crippen molar-refractivity contribution in [3.63, 3.8) is 0 Å². The second-order valence-corrected chi connectivity index (χ2v) is 6.32. The minimum atomic E-state index is -0.178. The lowest BCUT2D eigenvalue weighted by Gasteiger charge is -2.09. The first-order valence-corrected chi connectivity index (χ1v) is 9.53. The van der Waals surface area contributed by atoms with Gasteiger partial charge in [0, 0.05) is 12.7 Å². The molecule has 0 radical (unpaired) electrons. The highest BCUT2D eigenvalue weighted by Gasteiger charge is 1.97. The van der Waals surface area contributed by atoms with Gasteiger partial charge in [-0.2, -0.15) is 5.26 Å². The lowest BCUT2D eigenvalue weighted by atomic mass is 10.1. The van der Waals surface area contributed by atoms with E-state index in [9.17, 15) is 4.39 Å². The van der Waals surface area contributed by atoms with E-state index in [0.717, 1.165) is 38.2 Å². The van der Waals surface area contributed by atoms with Crippen LogP contribution in [-0.2, 0) is 6.42 Å². The zero-order chi connectivity index (χ0) is 20.7. The van der Waals surface area contributed by atoms with Crippen molar-refractivity contribution in [3.8, 4) is 6.07 Å². The summed E-state index contributed by atoms with van der Waals surface area (Å²) in [4.78, 5) is 4.03. The van der Waals surface area contributed by atoms with Crippen LogP contribution >= 0.6 is 0 Å². The van der Waals surface area contributed by atoms with Gasteiger partial charge in [0.05, 0.1) is 17.3 Å². The normalized spacial score (nSPS) is 9.79. The van der Waals surface area contributed by atoms with Gasteiger partial charge in [0.15, 0.2) is 0 Å². The number of nitrogens with zero attached hydrogens (tertiary/aromatic N) is 2. The van der Waals surface area contributed by atoms with E-state index in [1.54, 1.807) is 24.4 Å². The average molecular weight is 391 g/mol. The molecule has 0 unspecified atom stereocenters. The molecule has 1 aromatic heterocycles. The number of aromatic nitrogens is 1. The molecule has 0 amide bonds. The van der Waals surface area contributed by atoms with Gasteiger partial charge in [0.2, 0.25) is 0 Å². The van der Waals surface area contributed by atoms with E-state index in [4.69, 9.17) is 11.0 Å². The Bertz CT molecular complexity index is 876. The molecule has 2 aromatic carbocycles. The summed E-state index contributed by atoms with van der Waals surface area (Å²) in [5.41, 5.74) is 8.60. The van der Waals surface area contributed by atoms with Crippen molar-refractivity contribution in [2.75, 3.05) is 30.7 Å². The van der Waals surface area contributed by atoms with Gasteiger partial charge in [0.1, 0.15) is 11.6 Å². The Kier molecular flexibility index (Phi) is 9.70. The minimum absolute atomic E-state index is 0.178. The third kappa shape index (κ3) is 8.87. The molecule has 0 spiro atoms. The first kappa shape index (κ1) is 21.9. The molecule has 6 heteroatoms. The standard InChI is InChI=1S/C17H21N5.C6H5F/c18-13-15-6-4-14(5-7-15)8-12-20-9-2-11-21-16-3-1-10-22-17(16)19;7-6-4-2-1-3-5-6/h1,3-7,10,20-21H,2,8-9,11-12H2,(H2,19,22);1-5H. The van der Waals surface area contributed by atoms with Crippen LogP contribution in [0.15, 0.2) is 72.9 Å². The van der Waals surface area contributed by atoms with E-state index in [0.29, 0.717) is 11.4 Å². The topological polar surface area (TPSA) is 86.8 Å². The fourth-order valence-corrected chi connectivity index (χ4v) is 2.52. The zero-order valence-corrected chi connectivity index (χ0v) is 16.3. The van der Waals surface area contributed by atoms with Crippen molar-refractivity contribution in [2.45, 2.75) is 12.8 Å². The van der Waals surface area contributed by atoms with E-state index >= 15 is 0 Å². The van der Waals surface area contributed by atoms with Gasteiger partial charge >= 0.3 is 0 Å². The summed E-state index contributed by atoms with van der Waals surface area (Å²) in [5.74, 6) is 0.360. The van der Waals surface area contributed by atoms with Crippen molar-refractivity contribution < 1.29 is 4.39 Å². The molecule has 4 N–H and O–H groups in total. The molecule has 0 bridgehead atoms. The second kappa shape index (κ2) is 12.9. The number of nitrogens with two attached hydrogens (primary N) is 1. The molecule has 0 saturated heterocycles. The third-order valence-corrected chi connectivity index (χ3v) is 4.09. The summed E-state index contributed by atoms with van der Waals surface area (Å²) in [5, 5.41) is 15.4. The lowest BCUT2D eigenvalue weighted by Crippen LogP contribution is -2.20. The molecule has 0 fully saturated rings. The summed E-state index contributed by atoms with van der Waals surface area (Å²) < 4.78 is 11.9. The van der Waals surface area contributed by atoms with E-state index in [-0.39, 0.29) is 5.82 Å². The van der Waals surface area contributed by atoms with Crippen molar-refractivity contribution in [2.24, 2.45) is 0 Å². The number of nitrogen functional groups attached to an aromatic ring is 1. The Morgan fingerprint density at radius 1 is 0.931 bits per heavy atom. The van der Waals surface area contributed by atoms with E-state index in [2.05, 4.69) is 21.7 Å². The predicted molar refractivity (Wildman–Crippen MR) is 116 cm³/mol. The van der Waals surface area contributed by atoms with Crippen LogP contribution in [0.4, 0.5) is 15.9 Å². The van der Waals surface area contributed by atoms with Crippen LogP contribution in [0.1, 0.15) is 17.5 Å². The highest BCUT2D eigenvalue weighted by atomic mass is 19.1. The number of nitrogens with one attached hydrogen (secondary N) is 2. The SMILES string of the molecule is Fc1ccccc1.N#Cc1ccc(CCNCCCNc2cccnc2N)cc1. The number of benzene rings is 2. The van der Waals surface area contributed by atoms with E-state index in [1.165, 1.54) is 17.7 Å². The first-order valence-electron chi connectivity index (χ1n) is 9.53. The maximum Gasteiger partial charge on any atom is 0.146 e. The van der Waals surface area contributed by atoms with E-state index in [1.807, 2.05) is 36.4 Å². The predicted octanol–water partition coefficient (Wildman–Crippen LogP) is 4.00. The monoisotopic (exact) mass is 391 g/mol. The number of hydrogen-bond donors (Lipinski definition) is 3. The summed E-state index contributed by atoms with van der Waals surface area (Å²) in [7, 11) is 0. The van der Waals surface area contributed by atoms with E-state index < -0.39 is 0 Å². The number of pyridine rings is 1. The second-order valence-electron chi connectivity index (χ2n) is 6.32. The van der Waals surface area contributed by atoms with Gasteiger partial charge in [-0.3, -0.25) is 0 Å². The summed E-state index contributed by atoms with van der Waals surface area (Å²) in [6, 6.07) is 21.6. The van der Waals surface area contributed by atoms with Crippen LogP contribution in [0, 0.1) is 17.1 Å². The molecule has 0 saturated carbocycles. The van der Waals surface area contributed by atoms with Crippen molar-refractivity contribution in [1.29, 1.82) is 5.26 Å². The molecule has 5 nitrogen and oxygen atoms in total. The Morgan fingerprint density at radius 3 is 2.31 bits per heavy atom. The Morgan fingerprint density at radius 2 is 1.69 bits per heavy atom. The van der Waals surface area contributed by atoms with Gasteiger partial charge in [-0.25, -0.2) is 9.37 Å². The largest absolute Gasteiger partial charge is 0.382 e. The number of hydrogen-bond acceptors (Lipinski definition) is 5. The van der Waals surface area contributed by atoms with Gasteiger partial charge in [-0.1, -0.05) is 30.3 Å². The van der Waals surface area contributed by atoms with Crippen molar-refractivity contribution in [3.05, 3.63) is 89.9 Å². The lowest BCUT2D eigenvalue weighted by molar-refractivity contribution is 0.628. The zero-order valence-electron chi connectivity index (χ0n) is 16.3. The highest BCUT2D eigenvalue weighted by Crippen LogP contribution is 2.12. The van der Waals surface area contributed by atoms with Crippen molar-refractivity contribution in [1.82, 2.24) is 10.3 Å². The molecule has 150 valence electrons. The van der Waals surface area contributed by atoms with Crippen LogP contribution in [-0.4, -0.2) is 24.6 Å². The molecule has 0 aliphatic heterocycles.